The van der Waals surface area contributed by atoms with Gasteiger partial charge in [-0.2, -0.15) is 8.78 Å². The van der Waals surface area contributed by atoms with Gasteiger partial charge < -0.3 is 14.8 Å². The number of nitrogens with zero attached hydrogens (tertiary/aromatic N) is 1. The lowest BCUT2D eigenvalue weighted by Crippen LogP contribution is -2.32. The van der Waals surface area contributed by atoms with Crippen molar-refractivity contribution in [1.82, 2.24) is 5.32 Å². The molecule has 9 heteroatoms. The molecule has 1 N–H and O–H groups in total. The molecule has 0 aliphatic carbocycles. The quantitative estimate of drug-likeness (QED) is 0.395. The molecule has 0 fully saturated rings. The molecule has 0 aromatic heterocycles. The lowest BCUT2D eigenvalue weighted by Gasteiger charge is -2.27. The van der Waals surface area contributed by atoms with Crippen molar-refractivity contribution in [3.05, 3.63) is 98.5 Å². The van der Waals surface area contributed by atoms with Crippen molar-refractivity contribution in [2.75, 3.05) is 0 Å². The van der Waals surface area contributed by atoms with Gasteiger partial charge in [0.25, 0.3) is 5.70 Å². The van der Waals surface area contributed by atoms with E-state index in [1.54, 1.807) is 31.2 Å². The Morgan fingerprint density at radius 3 is 2.39 bits per heavy atom. The number of carbonyl (C=O) groups is 1. The molecule has 162 valence electrons. The fourth-order valence-electron chi connectivity index (χ4n) is 3.52. The monoisotopic (exact) mass is 430 g/mol. The van der Waals surface area contributed by atoms with Crippen LogP contribution in [0.25, 0.3) is 0 Å². The van der Waals surface area contributed by atoms with Crippen LogP contribution in [0, 0.1) is 10.1 Å². The molecule has 0 amide bonds. The Balaban J connectivity index is 2.05. The van der Waals surface area contributed by atoms with Gasteiger partial charge in [-0.25, -0.2) is 4.79 Å². The molecule has 2 aromatic rings. The number of rotatable bonds is 7. The maximum atomic E-state index is 13.0. The Morgan fingerprint density at radius 1 is 1.10 bits per heavy atom. The summed E-state index contributed by atoms with van der Waals surface area (Å²) >= 11 is 0. The second-order valence-electron chi connectivity index (χ2n) is 6.84. The third-order valence-corrected chi connectivity index (χ3v) is 4.80. The predicted octanol–water partition coefficient (Wildman–Crippen LogP) is 4.50. The number of para-hydroxylation sites is 1. The summed E-state index contributed by atoms with van der Waals surface area (Å²) in [6, 6.07) is 14.6. The van der Waals surface area contributed by atoms with E-state index in [0.29, 0.717) is 5.70 Å². The van der Waals surface area contributed by atoms with Gasteiger partial charge in [0.05, 0.1) is 16.2 Å². The maximum Gasteiger partial charge on any atom is 0.387 e. The van der Waals surface area contributed by atoms with E-state index in [9.17, 15) is 23.7 Å². The van der Waals surface area contributed by atoms with Crippen molar-refractivity contribution >= 4 is 5.97 Å². The average Bonchev–Trinajstić information content (AvgIpc) is 2.72. The van der Waals surface area contributed by atoms with Crippen molar-refractivity contribution in [3.8, 4) is 5.75 Å². The van der Waals surface area contributed by atoms with E-state index in [4.69, 9.17) is 4.74 Å². The maximum absolute atomic E-state index is 13.0. The molecule has 1 aliphatic rings. The first kappa shape index (κ1) is 21.9. The minimum atomic E-state index is -3.13. The number of hydrogen-bond acceptors (Lipinski definition) is 6. The van der Waals surface area contributed by atoms with Gasteiger partial charge in [0, 0.05) is 11.3 Å². The molecule has 31 heavy (non-hydrogen) atoms. The van der Waals surface area contributed by atoms with Gasteiger partial charge in [0.15, 0.2) is 0 Å². The number of dihydropyridines is 1. The van der Waals surface area contributed by atoms with E-state index in [1.165, 1.54) is 31.2 Å². The number of nitro groups is 1. The summed E-state index contributed by atoms with van der Waals surface area (Å²) in [4.78, 5) is 24.3. The third-order valence-electron chi connectivity index (χ3n) is 4.80. The SMILES string of the molecule is CC1=C(C(=O)OCc2ccccc2)C(c2ccccc2OC(F)F)C([N+](=O)[O-])=C(C)N1. The molecule has 1 heterocycles. The molecule has 0 saturated carbocycles. The van der Waals surface area contributed by atoms with Gasteiger partial charge in [-0.05, 0) is 25.5 Å². The van der Waals surface area contributed by atoms with Crippen molar-refractivity contribution < 1.29 is 28.0 Å². The summed E-state index contributed by atoms with van der Waals surface area (Å²) in [6.07, 6.45) is 0. The van der Waals surface area contributed by atoms with Crippen molar-refractivity contribution in [2.45, 2.75) is 33.0 Å². The summed E-state index contributed by atoms with van der Waals surface area (Å²) in [7, 11) is 0. The molecule has 1 aliphatic heterocycles. The first-order chi connectivity index (χ1) is 14.8. The topological polar surface area (TPSA) is 90.7 Å². The smallest absolute Gasteiger partial charge is 0.387 e. The number of esters is 1. The Morgan fingerprint density at radius 2 is 1.74 bits per heavy atom. The highest BCUT2D eigenvalue weighted by Gasteiger charge is 2.42. The Labute approximate surface area is 177 Å². The summed E-state index contributed by atoms with van der Waals surface area (Å²) in [5.41, 5.74) is 0.941. The number of ether oxygens (including phenoxy) is 2. The van der Waals surface area contributed by atoms with E-state index in [2.05, 4.69) is 10.1 Å². The largest absolute Gasteiger partial charge is 0.457 e. The average molecular weight is 430 g/mol. The first-order valence-corrected chi connectivity index (χ1v) is 9.37. The molecule has 2 aromatic carbocycles. The van der Waals surface area contributed by atoms with Crippen molar-refractivity contribution in [1.29, 1.82) is 0 Å². The fraction of sp³-hybridized carbons (Fsp3) is 0.227. The Bertz CT molecular complexity index is 1050. The van der Waals surface area contributed by atoms with Crippen LogP contribution in [0.15, 0.2) is 77.3 Å². The molecular formula is C22H20F2N2O5. The molecule has 3 rings (SSSR count). The molecule has 0 saturated heterocycles. The number of nitrogens with one attached hydrogen (secondary N) is 1. The molecule has 1 atom stereocenters. The zero-order valence-corrected chi connectivity index (χ0v) is 16.8. The van der Waals surface area contributed by atoms with Crippen LogP contribution in [-0.2, 0) is 16.1 Å². The third kappa shape index (κ3) is 4.88. The van der Waals surface area contributed by atoms with Crippen molar-refractivity contribution in [2.24, 2.45) is 0 Å². The van der Waals surface area contributed by atoms with Crippen LogP contribution in [0.3, 0.4) is 0 Å². The van der Waals surface area contributed by atoms with Gasteiger partial charge in [0.2, 0.25) is 0 Å². The number of carbonyl (C=O) groups excluding carboxylic acids is 1. The van der Waals surface area contributed by atoms with Gasteiger partial charge in [-0.15, -0.1) is 0 Å². The highest BCUT2D eigenvalue weighted by Crippen LogP contribution is 2.42. The number of hydrogen-bond donors (Lipinski definition) is 1. The summed E-state index contributed by atoms with van der Waals surface area (Å²) in [5.74, 6) is -2.30. The van der Waals surface area contributed by atoms with Crippen LogP contribution >= 0.6 is 0 Å². The zero-order chi connectivity index (χ0) is 22.5. The highest BCUT2D eigenvalue weighted by atomic mass is 19.3. The van der Waals surface area contributed by atoms with Crippen LogP contribution < -0.4 is 10.1 Å². The molecule has 0 bridgehead atoms. The molecule has 0 spiro atoms. The van der Waals surface area contributed by atoms with Crippen LogP contribution in [0.5, 0.6) is 5.75 Å². The van der Waals surface area contributed by atoms with E-state index in [1.807, 2.05) is 6.07 Å². The van der Waals surface area contributed by atoms with Crippen molar-refractivity contribution in [3.63, 3.8) is 0 Å². The van der Waals surface area contributed by atoms with E-state index >= 15 is 0 Å². The minimum Gasteiger partial charge on any atom is -0.457 e. The van der Waals surface area contributed by atoms with Crippen LogP contribution in [0.2, 0.25) is 0 Å². The Kier molecular flexibility index (Phi) is 6.64. The number of alkyl halides is 2. The normalized spacial score (nSPS) is 16.2. The van der Waals surface area contributed by atoms with E-state index in [-0.39, 0.29) is 34.9 Å². The minimum absolute atomic E-state index is 0.0430. The van der Waals surface area contributed by atoms with Gasteiger partial charge in [0.1, 0.15) is 18.3 Å². The number of halogens is 2. The second kappa shape index (κ2) is 9.38. The number of benzene rings is 2. The van der Waals surface area contributed by atoms with E-state index < -0.39 is 23.4 Å². The second-order valence-corrected chi connectivity index (χ2v) is 6.84. The van der Waals surface area contributed by atoms with Gasteiger partial charge in [-0.3, -0.25) is 10.1 Å². The molecule has 0 radical (unpaired) electrons. The lowest BCUT2D eigenvalue weighted by atomic mass is 9.83. The number of allylic oxidation sites excluding steroid dienone is 3. The zero-order valence-electron chi connectivity index (χ0n) is 16.8. The van der Waals surface area contributed by atoms with E-state index in [0.717, 1.165) is 5.56 Å². The van der Waals surface area contributed by atoms with Crippen LogP contribution in [0.1, 0.15) is 30.9 Å². The summed E-state index contributed by atoms with van der Waals surface area (Å²) in [6.45, 7) is -0.125. The molecule has 1 unspecified atom stereocenters. The molecule has 7 nitrogen and oxygen atoms in total. The van der Waals surface area contributed by atoms with Gasteiger partial charge in [-0.1, -0.05) is 48.5 Å². The first-order valence-electron chi connectivity index (χ1n) is 9.37. The lowest BCUT2D eigenvalue weighted by molar-refractivity contribution is -0.431. The highest BCUT2D eigenvalue weighted by molar-refractivity contribution is 5.92. The van der Waals surface area contributed by atoms with Crippen LogP contribution in [0.4, 0.5) is 8.78 Å². The summed E-state index contributed by atoms with van der Waals surface area (Å²) in [5, 5.41) is 14.7. The standard InChI is InChI=1S/C22H20F2N2O5/c1-13-18(21(27)30-12-15-8-4-3-5-9-15)19(20(26(28)29)14(2)25-13)16-10-6-7-11-17(16)31-22(23)24/h3-11,19,22,25H,12H2,1-2H3. The predicted molar refractivity (Wildman–Crippen MR) is 108 cm³/mol. The summed E-state index contributed by atoms with van der Waals surface area (Å²) < 4.78 is 35.9. The van der Waals surface area contributed by atoms with Crippen LogP contribution in [-0.4, -0.2) is 17.5 Å². The van der Waals surface area contributed by atoms with Gasteiger partial charge >= 0.3 is 12.6 Å². The molecular weight excluding hydrogens is 410 g/mol. The Hall–Kier alpha value is -3.75. The fourth-order valence-corrected chi connectivity index (χ4v) is 3.52.